The van der Waals surface area contributed by atoms with Gasteiger partial charge in [-0.25, -0.2) is 4.39 Å². The molecule has 7 heteroatoms. The Morgan fingerprint density at radius 2 is 1.97 bits per heavy atom. The SMILES string of the molecule is CC(=O)N1CCn2nc(-c3ccc(F)cc3)c(-c3ccnc(CC(C)O)c3)c2C1. The van der Waals surface area contributed by atoms with Gasteiger partial charge in [-0.2, -0.15) is 5.10 Å². The number of aromatic nitrogens is 3. The van der Waals surface area contributed by atoms with Gasteiger partial charge in [0.1, 0.15) is 11.5 Å². The molecule has 6 nitrogen and oxygen atoms in total. The molecule has 29 heavy (non-hydrogen) atoms. The number of pyridine rings is 1. The molecule has 1 unspecified atom stereocenters. The Morgan fingerprint density at radius 3 is 2.66 bits per heavy atom. The predicted octanol–water partition coefficient (Wildman–Crippen LogP) is 3.04. The summed E-state index contributed by atoms with van der Waals surface area (Å²) in [5, 5.41) is 14.5. The van der Waals surface area contributed by atoms with Gasteiger partial charge in [0.2, 0.25) is 5.91 Å². The molecule has 0 bridgehead atoms. The monoisotopic (exact) mass is 394 g/mol. The lowest BCUT2D eigenvalue weighted by Crippen LogP contribution is -2.37. The standard InChI is InChI=1S/C22H23FN4O2/c1-14(28)11-19-12-17(7-8-24-19)21-20-13-26(15(2)29)9-10-27(20)25-22(21)16-3-5-18(23)6-4-16/h3-8,12,14,28H,9-11,13H2,1-2H3. The maximum Gasteiger partial charge on any atom is 0.219 e. The lowest BCUT2D eigenvalue weighted by molar-refractivity contribution is -0.130. The van der Waals surface area contributed by atoms with Crippen LogP contribution in [0.15, 0.2) is 42.6 Å². The summed E-state index contributed by atoms with van der Waals surface area (Å²) in [6, 6.07) is 10.1. The number of nitrogens with zero attached hydrogens (tertiary/aromatic N) is 4. The van der Waals surface area contributed by atoms with E-state index >= 15 is 0 Å². The minimum Gasteiger partial charge on any atom is -0.393 e. The zero-order chi connectivity index (χ0) is 20.5. The number of carbonyl (C=O) groups is 1. The Morgan fingerprint density at radius 1 is 1.21 bits per heavy atom. The molecule has 2 aromatic heterocycles. The van der Waals surface area contributed by atoms with Crippen molar-refractivity contribution in [1.29, 1.82) is 0 Å². The molecule has 0 spiro atoms. The zero-order valence-corrected chi connectivity index (χ0v) is 16.5. The van der Waals surface area contributed by atoms with E-state index in [9.17, 15) is 14.3 Å². The molecule has 3 heterocycles. The van der Waals surface area contributed by atoms with E-state index in [0.29, 0.717) is 26.1 Å². The van der Waals surface area contributed by atoms with Gasteiger partial charge in [-0.3, -0.25) is 14.5 Å². The fraction of sp³-hybridized carbons (Fsp3) is 0.318. The second-order valence-corrected chi connectivity index (χ2v) is 7.43. The van der Waals surface area contributed by atoms with E-state index in [0.717, 1.165) is 33.8 Å². The van der Waals surface area contributed by atoms with E-state index in [1.165, 1.54) is 12.1 Å². The second kappa shape index (κ2) is 7.75. The molecule has 0 saturated heterocycles. The highest BCUT2D eigenvalue weighted by molar-refractivity contribution is 5.83. The van der Waals surface area contributed by atoms with Crippen LogP contribution in [0.25, 0.3) is 22.4 Å². The lowest BCUT2D eigenvalue weighted by atomic mass is 9.97. The molecule has 1 aromatic carbocycles. The number of aliphatic hydroxyl groups excluding tert-OH is 1. The van der Waals surface area contributed by atoms with Crippen molar-refractivity contribution in [3.05, 3.63) is 59.8 Å². The number of aliphatic hydroxyl groups is 1. The summed E-state index contributed by atoms with van der Waals surface area (Å²) in [5.74, 6) is -0.276. The third kappa shape index (κ3) is 3.91. The number of halogens is 1. The molecule has 0 saturated carbocycles. The highest BCUT2D eigenvalue weighted by Gasteiger charge is 2.27. The van der Waals surface area contributed by atoms with Crippen LogP contribution in [-0.4, -0.2) is 43.3 Å². The van der Waals surface area contributed by atoms with Gasteiger partial charge >= 0.3 is 0 Å². The first-order chi connectivity index (χ1) is 13.9. The summed E-state index contributed by atoms with van der Waals surface area (Å²) >= 11 is 0. The topological polar surface area (TPSA) is 71.2 Å². The lowest BCUT2D eigenvalue weighted by Gasteiger charge is -2.27. The van der Waals surface area contributed by atoms with Crippen LogP contribution in [0.1, 0.15) is 25.2 Å². The van der Waals surface area contributed by atoms with Crippen molar-refractivity contribution in [2.75, 3.05) is 6.54 Å². The maximum atomic E-state index is 13.5. The Balaban J connectivity index is 1.87. The molecule has 0 fully saturated rings. The molecule has 0 radical (unpaired) electrons. The van der Waals surface area contributed by atoms with Crippen LogP contribution >= 0.6 is 0 Å². The third-order valence-electron chi connectivity index (χ3n) is 5.15. The first-order valence-electron chi connectivity index (χ1n) is 9.67. The van der Waals surface area contributed by atoms with Gasteiger partial charge in [-0.1, -0.05) is 0 Å². The van der Waals surface area contributed by atoms with E-state index in [1.807, 2.05) is 16.8 Å². The van der Waals surface area contributed by atoms with Gasteiger partial charge in [0, 0.05) is 42.9 Å². The van der Waals surface area contributed by atoms with E-state index in [4.69, 9.17) is 5.10 Å². The van der Waals surface area contributed by atoms with Gasteiger partial charge < -0.3 is 10.0 Å². The van der Waals surface area contributed by atoms with E-state index in [-0.39, 0.29) is 11.7 Å². The highest BCUT2D eigenvalue weighted by Crippen LogP contribution is 2.36. The van der Waals surface area contributed by atoms with Crippen LogP contribution in [0.5, 0.6) is 0 Å². The predicted molar refractivity (Wildman–Crippen MR) is 107 cm³/mol. The number of hydrogen-bond acceptors (Lipinski definition) is 4. The number of hydrogen-bond donors (Lipinski definition) is 1. The molecule has 3 aromatic rings. The highest BCUT2D eigenvalue weighted by atomic mass is 19.1. The fourth-order valence-electron chi connectivity index (χ4n) is 3.75. The second-order valence-electron chi connectivity index (χ2n) is 7.43. The van der Waals surface area contributed by atoms with E-state index in [1.54, 1.807) is 37.1 Å². The minimum absolute atomic E-state index is 0.0243. The first kappa shape index (κ1) is 19.3. The van der Waals surface area contributed by atoms with Crippen molar-refractivity contribution in [2.24, 2.45) is 0 Å². The molecular formula is C22H23FN4O2. The molecule has 1 amide bonds. The molecule has 150 valence electrons. The maximum absolute atomic E-state index is 13.5. The van der Waals surface area contributed by atoms with Gasteiger partial charge in [0.15, 0.2) is 0 Å². The average Bonchev–Trinajstić information content (AvgIpc) is 3.06. The minimum atomic E-state index is -0.497. The first-order valence-corrected chi connectivity index (χ1v) is 9.67. The Kier molecular flexibility index (Phi) is 5.15. The van der Waals surface area contributed by atoms with Crippen molar-refractivity contribution in [3.63, 3.8) is 0 Å². The fourth-order valence-corrected chi connectivity index (χ4v) is 3.75. The molecule has 1 aliphatic rings. The van der Waals surface area contributed by atoms with Crippen LogP contribution in [0.2, 0.25) is 0 Å². The molecule has 0 aliphatic carbocycles. The molecular weight excluding hydrogens is 371 g/mol. The van der Waals surface area contributed by atoms with Gasteiger partial charge in [-0.05, 0) is 48.9 Å². The smallest absolute Gasteiger partial charge is 0.219 e. The van der Waals surface area contributed by atoms with Crippen molar-refractivity contribution >= 4 is 5.91 Å². The van der Waals surface area contributed by atoms with Gasteiger partial charge in [-0.15, -0.1) is 0 Å². The summed E-state index contributed by atoms with van der Waals surface area (Å²) in [4.78, 5) is 18.1. The van der Waals surface area contributed by atoms with Crippen molar-refractivity contribution in [2.45, 2.75) is 39.5 Å². The van der Waals surface area contributed by atoms with Gasteiger partial charge in [0.05, 0.1) is 24.9 Å². The molecule has 4 rings (SSSR count). The largest absolute Gasteiger partial charge is 0.393 e. The Hall–Kier alpha value is -3.06. The summed E-state index contributed by atoms with van der Waals surface area (Å²) in [6.07, 6.45) is 1.67. The molecule has 1 N–H and O–H groups in total. The summed E-state index contributed by atoms with van der Waals surface area (Å²) < 4.78 is 15.4. The van der Waals surface area contributed by atoms with Crippen molar-refractivity contribution in [3.8, 4) is 22.4 Å². The van der Waals surface area contributed by atoms with Crippen LogP contribution in [-0.2, 0) is 24.3 Å². The number of amides is 1. The normalized spacial score (nSPS) is 14.6. The Bertz CT molecular complexity index is 1040. The number of benzene rings is 1. The van der Waals surface area contributed by atoms with Crippen LogP contribution < -0.4 is 0 Å². The summed E-state index contributed by atoms with van der Waals surface area (Å²) in [5.41, 5.74) is 5.12. The average molecular weight is 394 g/mol. The molecule has 1 aliphatic heterocycles. The zero-order valence-electron chi connectivity index (χ0n) is 16.5. The molecule has 1 atom stereocenters. The number of carbonyl (C=O) groups excluding carboxylic acids is 1. The Labute approximate surface area is 168 Å². The summed E-state index contributed by atoms with van der Waals surface area (Å²) in [6.45, 7) is 4.97. The van der Waals surface area contributed by atoms with E-state index < -0.39 is 6.10 Å². The number of fused-ring (bicyclic) bond motifs is 1. The number of rotatable bonds is 4. The van der Waals surface area contributed by atoms with Crippen LogP contribution in [0.4, 0.5) is 4.39 Å². The summed E-state index contributed by atoms with van der Waals surface area (Å²) in [7, 11) is 0. The van der Waals surface area contributed by atoms with Crippen molar-refractivity contribution < 1.29 is 14.3 Å². The third-order valence-corrected chi connectivity index (χ3v) is 5.15. The van der Waals surface area contributed by atoms with Crippen LogP contribution in [0, 0.1) is 5.82 Å². The van der Waals surface area contributed by atoms with E-state index in [2.05, 4.69) is 4.98 Å². The van der Waals surface area contributed by atoms with Gasteiger partial charge in [0.25, 0.3) is 0 Å². The van der Waals surface area contributed by atoms with Crippen LogP contribution in [0.3, 0.4) is 0 Å². The van der Waals surface area contributed by atoms with Crippen molar-refractivity contribution in [1.82, 2.24) is 19.7 Å². The quantitative estimate of drug-likeness (QED) is 0.738.